The minimum Gasteiger partial charge on any atom is -0.475 e. The first-order chi connectivity index (χ1) is 10.6. The maximum Gasteiger partial charge on any atom is 0.371 e. The Balaban J connectivity index is 1.74. The SMILES string of the molecule is O=C(O)c1ccc(C(=O)N2CCC[C@@H]2Cc2ccccc2)o1. The van der Waals surface area contributed by atoms with E-state index in [0.717, 1.165) is 19.3 Å². The van der Waals surface area contributed by atoms with E-state index in [1.807, 2.05) is 18.2 Å². The first kappa shape index (κ1) is 14.4. The third-order valence-electron chi connectivity index (χ3n) is 3.98. The quantitative estimate of drug-likeness (QED) is 0.942. The summed E-state index contributed by atoms with van der Waals surface area (Å²) in [6.07, 6.45) is 2.71. The zero-order chi connectivity index (χ0) is 15.5. The van der Waals surface area contributed by atoms with Gasteiger partial charge in [-0.25, -0.2) is 4.79 Å². The van der Waals surface area contributed by atoms with Crippen molar-refractivity contribution in [3.63, 3.8) is 0 Å². The van der Waals surface area contributed by atoms with E-state index in [1.165, 1.54) is 17.7 Å². The molecule has 3 rings (SSSR count). The summed E-state index contributed by atoms with van der Waals surface area (Å²) in [5.41, 5.74) is 1.19. The third-order valence-corrected chi connectivity index (χ3v) is 3.98. The Kier molecular flexibility index (Phi) is 3.96. The van der Waals surface area contributed by atoms with E-state index < -0.39 is 5.97 Å². The summed E-state index contributed by atoms with van der Waals surface area (Å²) in [6.45, 7) is 0.680. The minimum atomic E-state index is -1.17. The number of benzene rings is 1. The number of aromatic carboxylic acids is 1. The highest BCUT2D eigenvalue weighted by atomic mass is 16.4. The van der Waals surface area contributed by atoms with Crippen molar-refractivity contribution in [1.29, 1.82) is 0 Å². The van der Waals surface area contributed by atoms with Gasteiger partial charge in [-0.2, -0.15) is 0 Å². The van der Waals surface area contributed by atoms with Gasteiger partial charge in [0, 0.05) is 12.6 Å². The van der Waals surface area contributed by atoms with Crippen molar-refractivity contribution >= 4 is 11.9 Å². The molecule has 1 aromatic carbocycles. The van der Waals surface area contributed by atoms with Crippen LogP contribution in [0.5, 0.6) is 0 Å². The second kappa shape index (κ2) is 6.05. The van der Waals surface area contributed by atoms with Crippen LogP contribution in [-0.2, 0) is 6.42 Å². The number of nitrogens with zero attached hydrogens (tertiary/aromatic N) is 1. The van der Waals surface area contributed by atoms with Gasteiger partial charge in [0.25, 0.3) is 5.91 Å². The highest BCUT2D eigenvalue weighted by molar-refractivity contribution is 5.93. The lowest BCUT2D eigenvalue weighted by atomic mass is 10.0. The zero-order valence-corrected chi connectivity index (χ0v) is 12.1. The van der Waals surface area contributed by atoms with Crippen LogP contribution in [0, 0.1) is 0 Å². The number of hydrogen-bond donors (Lipinski definition) is 1. The fourth-order valence-electron chi connectivity index (χ4n) is 2.91. The second-order valence-corrected chi connectivity index (χ2v) is 5.45. The van der Waals surface area contributed by atoms with Gasteiger partial charge in [-0.05, 0) is 37.0 Å². The summed E-state index contributed by atoms with van der Waals surface area (Å²) in [6, 6.07) is 12.9. The molecule has 0 unspecified atom stereocenters. The van der Waals surface area contributed by atoms with Crippen LogP contribution in [0.15, 0.2) is 46.9 Å². The van der Waals surface area contributed by atoms with Crippen molar-refractivity contribution in [2.45, 2.75) is 25.3 Å². The lowest BCUT2D eigenvalue weighted by Gasteiger charge is -2.23. The van der Waals surface area contributed by atoms with E-state index >= 15 is 0 Å². The van der Waals surface area contributed by atoms with Gasteiger partial charge in [0.15, 0.2) is 5.76 Å². The topological polar surface area (TPSA) is 70.8 Å². The fourth-order valence-corrected chi connectivity index (χ4v) is 2.91. The molecule has 5 nitrogen and oxygen atoms in total. The van der Waals surface area contributed by atoms with Gasteiger partial charge < -0.3 is 14.4 Å². The molecule has 1 N–H and O–H groups in total. The van der Waals surface area contributed by atoms with Crippen LogP contribution in [0.2, 0.25) is 0 Å². The van der Waals surface area contributed by atoms with Gasteiger partial charge in [-0.1, -0.05) is 30.3 Å². The Morgan fingerprint density at radius 3 is 2.55 bits per heavy atom. The molecule has 0 aliphatic carbocycles. The van der Waals surface area contributed by atoms with Gasteiger partial charge in [0.2, 0.25) is 5.76 Å². The molecule has 22 heavy (non-hydrogen) atoms. The van der Waals surface area contributed by atoms with E-state index in [0.29, 0.717) is 6.54 Å². The Morgan fingerprint density at radius 1 is 1.14 bits per heavy atom. The van der Waals surface area contributed by atoms with E-state index in [1.54, 1.807) is 4.90 Å². The lowest BCUT2D eigenvalue weighted by molar-refractivity contribution is 0.0646. The smallest absolute Gasteiger partial charge is 0.371 e. The molecule has 0 spiro atoms. The summed E-state index contributed by atoms with van der Waals surface area (Å²) in [4.78, 5) is 25.2. The zero-order valence-electron chi connectivity index (χ0n) is 12.1. The monoisotopic (exact) mass is 299 g/mol. The van der Waals surface area contributed by atoms with Crippen molar-refractivity contribution in [3.05, 3.63) is 59.5 Å². The number of carboxylic acid groups (broad SMARTS) is 1. The number of carboxylic acids is 1. The molecule has 1 saturated heterocycles. The number of amides is 1. The minimum absolute atomic E-state index is 0.0948. The van der Waals surface area contributed by atoms with Crippen LogP contribution in [-0.4, -0.2) is 34.5 Å². The molecule has 2 aromatic rings. The molecule has 1 aromatic heterocycles. The average Bonchev–Trinajstić information content (AvgIpc) is 3.17. The first-order valence-electron chi connectivity index (χ1n) is 7.33. The maximum atomic E-state index is 12.5. The first-order valence-corrected chi connectivity index (χ1v) is 7.33. The van der Waals surface area contributed by atoms with Gasteiger partial charge >= 0.3 is 5.97 Å². The van der Waals surface area contributed by atoms with Crippen molar-refractivity contribution in [3.8, 4) is 0 Å². The van der Waals surface area contributed by atoms with Gasteiger partial charge in [-0.3, -0.25) is 4.79 Å². The lowest BCUT2D eigenvalue weighted by Crippen LogP contribution is -2.36. The van der Waals surface area contributed by atoms with Crippen LogP contribution >= 0.6 is 0 Å². The second-order valence-electron chi connectivity index (χ2n) is 5.45. The van der Waals surface area contributed by atoms with Crippen molar-refractivity contribution in [1.82, 2.24) is 4.90 Å². The largest absolute Gasteiger partial charge is 0.475 e. The number of furan rings is 1. The Labute approximate surface area is 128 Å². The number of carbonyl (C=O) groups is 2. The highest BCUT2D eigenvalue weighted by Gasteiger charge is 2.31. The molecule has 0 bridgehead atoms. The molecule has 2 heterocycles. The summed E-state index contributed by atoms with van der Waals surface area (Å²) in [5, 5.41) is 8.87. The Hall–Kier alpha value is -2.56. The van der Waals surface area contributed by atoms with Crippen molar-refractivity contribution < 1.29 is 19.1 Å². The van der Waals surface area contributed by atoms with Crippen LogP contribution < -0.4 is 0 Å². The maximum absolute atomic E-state index is 12.5. The molecule has 1 amide bonds. The van der Waals surface area contributed by atoms with Gasteiger partial charge in [0.1, 0.15) is 0 Å². The number of rotatable bonds is 4. The fraction of sp³-hybridized carbons (Fsp3) is 0.294. The van der Waals surface area contributed by atoms with Crippen LogP contribution in [0.25, 0.3) is 0 Å². The summed E-state index contributed by atoms with van der Waals surface area (Å²) in [5.74, 6) is -1.51. The van der Waals surface area contributed by atoms with Crippen LogP contribution in [0.1, 0.15) is 39.5 Å². The molecule has 5 heteroatoms. The summed E-state index contributed by atoms with van der Waals surface area (Å²) in [7, 11) is 0. The molecule has 0 radical (unpaired) electrons. The predicted molar refractivity (Wildman–Crippen MR) is 79.9 cm³/mol. The van der Waals surface area contributed by atoms with Crippen molar-refractivity contribution in [2.24, 2.45) is 0 Å². The van der Waals surface area contributed by atoms with Gasteiger partial charge in [0.05, 0.1) is 0 Å². The predicted octanol–water partition coefficient (Wildman–Crippen LogP) is 2.83. The van der Waals surface area contributed by atoms with Gasteiger partial charge in [-0.15, -0.1) is 0 Å². The summed E-state index contributed by atoms with van der Waals surface area (Å²) >= 11 is 0. The Morgan fingerprint density at radius 2 is 1.86 bits per heavy atom. The third kappa shape index (κ3) is 2.88. The molecule has 1 fully saturated rings. The van der Waals surface area contributed by atoms with E-state index in [-0.39, 0.29) is 23.5 Å². The molecule has 0 saturated carbocycles. The number of carbonyl (C=O) groups excluding carboxylic acids is 1. The average molecular weight is 299 g/mol. The molecule has 1 atom stereocenters. The molecular formula is C17H17NO4. The highest BCUT2D eigenvalue weighted by Crippen LogP contribution is 2.24. The number of hydrogen-bond acceptors (Lipinski definition) is 3. The molecule has 1 aliphatic heterocycles. The van der Waals surface area contributed by atoms with E-state index in [9.17, 15) is 9.59 Å². The molecule has 114 valence electrons. The molecule has 1 aliphatic rings. The van der Waals surface area contributed by atoms with E-state index in [4.69, 9.17) is 9.52 Å². The van der Waals surface area contributed by atoms with Crippen LogP contribution in [0.4, 0.5) is 0 Å². The van der Waals surface area contributed by atoms with E-state index in [2.05, 4.69) is 12.1 Å². The molecular weight excluding hydrogens is 282 g/mol. The Bertz CT molecular complexity index is 677. The summed E-state index contributed by atoms with van der Waals surface area (Å²) < 4.78 is 5.13. The normalized spacial score (nSPS) is 17.6. The van der Waals surface area contributed by atoms with Crippen LogP contribution in [0.3, 0.4) is 0 Å². The standard InChI is InChI=1S/C17H17NO4/c19-16(14-8-9-15(22-14)17(20)21)18-10-4-7-13(18)11-12-5-2-1-3-6-12/h1-3,5-6,8-9,13H,4,7,10-11H2,(H,20,21)/t13-/m1/s1. The van der Waals surface area contributed by atoms with Crippen molar-refractivity contribution in [2.75, 3.05) is 6.54 Å². The number of likely N-dealkylation sites (tertiary alicyclic amines) is 1.